The van der Waals surface area contributed by atoms with Crippen LogP contribution in [0.5, 0.6) is 0 Å². The molecule has 3 aromatic carbocycles. The minimum Gasteiger partial charge on any atom is -0.487 e. The van der Waals surface area contributed by atoms with Gasteiger partial charge >= 0.3 is 0 Å². The number of fused-ring (bicyclic) bond motifs is 3. The van der Waals surface area contributed by atoms with Gasteiger partial charge in [-0.25, -0.2) is 0 Å². The molecule has 0 radical (unpaired) electrons. The number of ether oxygens (including phenoxy) is 1. The Balaban J connectivity index is 0.000000183. The Morgan fingerprint density at radius 1 is 0.824 bits per heavy atom. The second-order valence-corrected chi connectivity index (χ2v) is 9.27. The predicted molar refractivity (Wildman–Crippen MR) is 136 cm³/mol. The molecule has 3 aliphatic rings. The zero-order valence-electron chi connectivity index (χ0n) is 18.5. The largest absolute Gasteiger partial charge is 0.487 e. The summed E-state index contributed by atoms with van der Waals surface area (Å²) in [6.45, 7) is 0.471. The van der Waals surface area contributed by atoms with Gasteiger partial charge in [0.1, 0.15) is 12.4 Å². The van der Waals surface area contributed by atoms with E-state index in [4.69, 9.17) is 27.9 Å². The van der Waals surface area contributed by atoms with Crippen molar-refractivity contribution in [1.29, 1.82) is 0 Å². The summed E-state index contributed by atoms with van der Waals surface area (Å²) in [5, 5.41) is 6.87. The number of hydrogen-bond acceptors (Lipinski definition) is 4. The van der Waals surface area contributed by atoms with Gasteiger partial charge in [0.05, 0.1) is 12.0 Å². The van der Waals surface area contributed by atoms with Crippen LogP contribution in [0.4, 0.5) is 17.1 Å². The average molecular weight is 494 g/mol. The van der Waals surface area contributed by atoms with Crippen LogP contribution in [0.15, 0.2) is 54.6 Å². The minimum atomic E-state index is -0.151. The normalized spacial score (nSPS) is 17.1. The summed E-state index contributed by atoms with van der Waals surface area (Å²) in [5.74, 6) is 0.521. The molecule has 0 saturated carbocycles. The van der Waals surface area contributed by atoms with E-state index in [-0.39, 0.29) is 11.8 Å². The van der Waals surface area contributed by atoms with E-state index in [0.29, 0.717) is 34.4 Å². The zero-order valence-corrected chi connectivity index (χ0v) is 20.1. The molecular weight excluding hydrogens is 473 g/mol. The Hall–Kier alpha value is -3.48. The van der Waals surface area contributed by atoms with E-state index in [9.17, 15) is 9.59 Å². The lowest BCUT2D eigenvalue weighted by molar-refractivity contribution is -0.115. The number of carbonyl (C=O) groups excluding carboxylic acids is 2. The maximum Gasteiger partial charge on any atom is 0.260 e. The standard InChI is InChI=1S/C18H15ClN2O2.C8H6ClNO/c1-21(2)12-4-5-13-10(7-12)9-23-17(13)16-14-8-11(19)3-6-15(14)20-18(16)22;9-6-1-2-7-5(3-6)4-8(11)10-7/h3-8H,9H2,1-2H3,(H,20,22);1-3H,4H2,(H,10,11). The summed E-state index contributed by atoms with van der Waals surface area (Å²) < 4.78 is 5.87. The molecule has 2 N–H and O–H groups in total. The Morgan fingerprint density at radius 2 is 1.56 bits per heavy atom. The topological polar surface area (TPSA) is 70.7 Å². The van der Waals surface area contributed by atoms with Gasteiger partial charge < -0.3 is 20.3 Å². The highest BCUT2D eigenvalue weighted by atomic mass is 35.5. The number of rotatable bonds is 1. The van der Waals surface area contributed by atoms with Crippen LogP contribution in [0.3, 0.4) is 0 Å². The number of hydrogen-bond donors (Lipinski definition) is 2. The fourth-order valence-electron chi connectivity index (χ4n) is 4.20. The summed E-state index contributed by atoms with van der Waals surface area (Å²) in [6.07, 6.45) is 0.454. The summed E-state index contributed by atoms with van der Waals surface area (Å²) >= 11 is 11.8. The van der Waals surface area contributed by atoms with E-state index in [1.165, 1.54) is 0 Å². The van der Waals surface area contributed by atoms with Crippen molar-refractivity contribution in [3.63, 3.8) is 0 Å². The zero-order chi connectivity index (χ0) is 24.0. The molecule has 6 rings (SSSR count). The van der Waals surface area contributed by atoms with Crippen molar-refractivity contribution < 1.29 is 14.3 Å². The summed E-state index contributed by atoms with van der Waals surface area (Å²) in [4.78, 5) is 25.3. The lowest BCUT2D eigenvalue weighted by Gasteiger charge is -2.13. The lowest BCUT2D eigenvalue weighted by atomic mass is 10.00. The first-order chi connectivity index (χ1) is 16.3. The van der Waals surface area contributed by atoms with Gasteiger partial charge in [-0.2, -0.15) is 0 Å². The molecule has 0 spiro atoms. The number of anilines is 3. The monoisotopic (exact) mass is 493 g/mol. The van der Waals surface area contributed by atoms with Gasteiger partial charge in [0, 0.05) is 57.9 Å². The molecule has 172 valence electrons. The molecule has 0 aliphatic carbocycles. The van der Waals surface area contributed by atoms with E-state index >= 15 is 0 Å². The van der Waals surface area contributed by atoms with Crippen LogP contribution in [-0.2, 0) is 27.4 Å². The number of nitrogens with one attached hydrogen (secondary N) is 2. The molecule has 0 bridgehead atoms. The van der Waals surface area contributed by atoms with Crippen molar-refractivity contribution >= 4 is 63.4 Å². The van der Waals surface area contributed by atoms with E-state index in [1.54, 1.807) is 18.2 Å². The number of carbonyl (C=O) groups is 2. The third kappa shape index (κ3) is 4.11. The third-order valence-electron chi connectivity index (χ3n) is 5.87. The third-order valence-corrected chi connectivity index (χ3v) is 6.34. The van der Waals surface area contributed by atoms with Crippen molar-refractivity contribution in [3.05, 3.63) is 86.9 Å². The molecular formula is C26H21Cl2N3O3. The first kappa shape index (κ1) is 22.3. The molecule has 0 unspecified atom stereocenters. The SMILES string of the molecule is CN(C)c1ccc2c(c1)COC2=C1C(=O)Nc2ccc(Cl)cc21.O=C1Cc2cc(Cl)ccc2N1. The fraction of sp³-hybridized carbons (Fsp3) is 0.154. The van der Waals surface area contributed by atoms with E-state index < -0.39 is 0 Å². The van der Waals surface area contributed by atoms with Crippen LogP contribution < -0.4 is 15.5 Å². The Bertz CT molecular complexity index is 1380. The van der Waals surface area contributed by atoms with Gasteiger partial charge in [0.2, 0.25) is 5.91 Å². The van der Waals surface area contributed by atoms with Crippen LogP contribution in [0.2, 0.25) is 10.0 Å². The van der Waals surface area contributed by atoms with Crippen molar-refractivity contribution in [2.75, 3.05) is 29.6 Å². The highest BCUT2D eigenvalue weighted by molar-refractivity contribution is 6.38. The summed E-state index contributed by atoms with van der Waals surface area (Å²) in [7, 11) is 4.00. The summed E-state index contributed by atoms with van der Waals surface area (Å²) in [5.41, 5.74) is 7.15. The molecule has 2 amide bonds. The molecule has 3 aromatic rings. The van der Waals surface area contributed by atoms with Crippen LogP contribution in [-0.4, -0.2) is 25.9 Å². The number of benzene rings is 3. The first-order valence-electron chi connectivity index (χ1n) is 10.7. The summed E-state index contributed by atoms with van der Waals surface area (Å²) in [6, 6.07) is 16.9. The fourth-order valence-corrected chi connectivity index (χ4v) is 4.56. The highest BCUT2D eigenvalue weighted by Gasteiger charge is 2.32. The van der Waals surface area contributed by atoms with E-state index in [1.807, 2.05) is 49.3 Å². The van der Waals surface area contributed by atoms with Gasteiger partial charge in [-0.1, -0.05) is 23.2 Å². The van der Waals surface area contributed by atoms with E-state index in [2.05, 4.69) is 16.7 Å². The second kappa shape index (κ2) is 8.70. The van der Waals surface area contributed by atoms with Gasteiger partial charge in [-0.3, -0.25) is 9.59 Å². The van der Waals surface area contributed by atoms with Gasteiger partial charge in [-0.05, 0) is 60.2 Å². The second-order valence-electron chi connectivity index (χ2n) is 8.40. The molecule has 0 saturated heterocycles. The molecule has 34 heavy (non-hydrogen) atoms. The Labute approximate surface area is 207 Å². The molecule has 3 heterocycles. The smallest absolute Gasteiger partial charge is 0.260 e. The van der Waals surface area contributed by atoms with Crippen molar-refractivity contribution in [2.45, 2.75) is 13.0 Å². The number of nitrogens with zero attached hydrogens (tertiary/aromatic N) is 1. The molecule has 0 aromatic heterocycles. The van der Waals surface area contributed by atoms with Crippen molar-refractivity contribution in [1.82, 2.24) is 0 Å². The number of halogens is 2. The van der Waals surface area contributed by atoms with Gasteiger partial charge in [0.15, 0.2) is 0 Å². The first-order valence-corrected chi connectivity index (χ1v) is 11.4. The maximum absolute atomic E-state index is 12.4. The molecule has 6 nitrogen and oxygen atoms in total. The number of amides is 2. The Morgan fingerprint density at radius 3 is 2.32 bits per heavy atom. The van der Waals surface area contributed by atoms with Crippen LogP contribution in [0.25, 0.3) is 11.3 Å². The highest BCUT2D eigenvalue weighted by Crippen LogP contribution is 2.43. The molecule has 3 aliphatic heterocycles. The molecule has 0 atom stereocenters. The van der Waals surface area contributed by atoms with Crippen molar-refractivity contribution in [3.8, 4) is 0 Å². The minimum absolute atomic E-state index is 0.0438. The van der Waals surface area contributed by atoms with Crippen molar-refractivity contribution in [2.24, 2.45) is 0 Å². The predicted octanol–water partition coefficient (Wildman–Crippen LogP) is 5.59. The van der Waals surface area contributed by atoms with Gasteiger partial charge in [0.25, 0.3) is 5.91 Å². The molecule has 0 fully saturated rings. The van der Waals surface area contributed by atoms with E-state index in [0.717, 1.165) is 39.3 Å². The van der Waals surface area contributed by atoms with Crippen LogP contribution in [0, 0.1) is 0 Å². The lowest BCUT2D eigenvalue weighted by Crippen LogP contribution is -2.08. The van der Waals surface area contributed by atoms with Crippen LogP contribution in [0.1, 0.15) is 22.3 Å². The molecule has 8 heteroatoms. The quantitative estimate of drug-likeness (QED) is 0.433. The average Bonchev–Trinajstić information content (AvgIpc) is 3.46. The van der Waals surface area contributed by atoms with Gasteiger partial charge in [-0.15, -0.1) is 0 Å². The Kier molecular flexibility index (Phi) is 5.71. The maximum atomic E-state index is 12.4. The van der Waals surface area contributed by atoms with Crippen LogP contribution >= 0.6 is 23.2 Å².